The lowest BCUT2D eigenvalue weighted by atomic mass is 10.4. The predicted molar refractivity (Wildman–Crippen MR) is 40.4 cm³/mol. The first kappa shape index (κ1) is 6.81. The Bertz CT molecular complexity index is 94.7. The van der Waals surface area contributed by atoms with Gasteiger partial charge >= 0.3 is 0 Å². The monoisotopic (exact) mass is 125 g/mol. The number of hydrogen-bond acceptors (Lipinski definition) is 1. The van der Waals surface area contributed by atoms with E-state index in [-0.39, 0.29) is 0 Å². The standard InChI is InChI=1S/C8H15N/c1-3-6-9(2)7-8-4-5-8/h3,8H,1,4-7H2,2H3. The molecule has 0 aromatic carbocycles. The topological polar surface area (TPSA) is 3.24 Å². The average Bonchev–Trinajstić information content (AvgIpc) is 2.50. The third-order valence-corrected chi connectivity index (χ3v) is 1.71. The Balaban J connectivity index is 2.01. The fourth-order valence-electron chi connectivity index (χ4n) is 1.04. The van der Waals surface area contributed by atoms with E-state index < -0.39 is 0 Å². The molecule has 0 bridgehead atoms. The van der Waals surface area contributed by atoms with Crippen LogP contribution in [0.1, 0.15) is 12.8 Å². The van der Waals surface area contributed by atoms with Gasteiger partial charge in [-0.25, -0.2) is 0 Å². The van der Waals surface area contributed by atoms with Crippen LogP contribution >= 0.6 is 0 Å². The molecule has 0 aromatic heterocycles. The molecule has 1 aliphatic rings. The quantitative estimate of drug-likeness (QED) is 0.515. The van der Waals surface area contributed by atoms with Gasteiger partial charge in [0.15, 0.2) is 0 Å². The average molecular weight is 125 g/mol. The highest BCUT2D eigenvalue weighted by molar-refractivity contribution is 4.79. The second kappa shape index (κ2) is 3.02. The first-order valence-electron chi connectivity index (χ1n) is 3.62. The molecule has 0 saturated heterocycles. The van der Waals surface area contributed by atoms with Crippen LogP contribution in [0.25, 0.3) is 0 Å². The van der Waals surface area contributed by atoms with E-state index in [0.29, 0.717) is 0 Å². The summed E-state index contributed by atoms with van der Waals surface area (Å²) in [6.45, 7) is 5.99. The number of nitrogens with zero attached hydrogens (tertiary/aromatic N) is 1. The smallest absolute Gasteiger partial charge is 0.0157 e. The Morgan fingerprint density at radius 1 is 1.67 bits per heavy atom. The van der Waals surface area contributed by atoms with Crippen LogP contribution in [0.3, 0.4) is 0 Å². The summed E-state index contributed by atoms with van der Waals surface area (Å²) in [5, 5.41) is 0. The van der Waals surface area contributed by atoms with Crippen molar-refractivity contribution in [3.05, 3.63) is 12.7 Å². The molecule has 0 heterocycles. The van der Waals surface area contributed by atoms with E-state index >= 15 is 0 Å². The Kier molecular flexibility index (Phi) is 2.29. The van der Waals surface area contributed by atoms with Crippen molar-refractivity contribution in [3.8, 4) is 0 Å². The zero-order valence-electron chi connectivity index (χ0n) is 6.14. The van der Waals surface area contributed by atoms with Gasteiger partial charge in [-0.2, -0.15) is 0 Å². The van der Waals surface area contributed by atoms with Crippen molar-refractivity contribution in [2.45, 2.75) is 12.8 Å². The van der Waals surface area contributed by atoms with E-state index in [9.17, 15) is 0 Å². The van der Waals surface area contributed by atoms with Crippen molar-refractivity contribution >= 4 is 0 Å². The van der Waals surface area contributed by atoms with Crippen LogP contribution < -0.4 is 0 Å². The number of rotatable bonds is 4. The third-order valence-electron chi connectivity index (χ3n) is 1.71. The Hall–Kier alpha value is -0.300. The molecule has 0 unspecified atom stereocenters. The lowest BCUT2D eigenvalue weighted by molar-refractivity contribution is 0.354. The van der Waals surface area contributed by atoms with E-state index in [2.05, 4.69) is 18.5 Å². The van der Waals surface area contributed by atoms with E-state index in [4.69, 9.17) is 0 Å². The van der Waals surface area contributed by atoms with Gasteiger partial charge in [0.2, 0.25) is 0 Å². The van der Waals surface area contributed by atoms with Crippen LogP contribution in [0, 0.1) is 5.92 Å². The second-order valence-corrected chi connectivity index (χ2v) is 2.95. The largest absolute Gasteiger partial charge is 0.302 e. The summed E-state index contributed by atoms with van der Waals surface area (Å²) in [7, 11) is 2.15. The molecule has 1 heteroatoms. The number of hydrogen-bond donors (Lipinski definition) is 0. The third kappa shape index (κ3) is 2.66. The van der Waals surface area contributed by atoms with E-state index in [1.54, 1.807) is 0 Å². The van der Waals surface area contributed by atoms with Crippen molar-refractivity contribution in [3.63, 3.8) is 0 Å². The summed E-state index contributed by atoms with van der Waals surface area (Å²) in [6, 6.07) is 0. The van der Waals surface area contributed by atoms with Crippen LogP contribution in [-0.4, -0.2) is 25.0 Å². The first-order valence-corrected chi connectivity index (χ1v) is 3.62. The van der Waals surface area contributed by atoms with Gasteiger partial charge in [0, 0.05) is 13.1 Å². The minimum Gasteiger partial charge on any atom is -0.302 e. The summed E-state index contributed by atoms with van der Waals surface area (Å²) in [5.74, 6) is 1.01. The zero-order valence-corrected chi connectivity index (χ0v) is 6.14. The van der Waals surface area contributed by atoms with Gasteiger partial charge in [-0.05, 0) is 25.8 Å². The Morgan fingerprint density at radius 2 is 2.33 bits per heavy atom. The summed E-state index contributed by atoms with van der Waals surface area (Å²) >= 11 is 0. The van der Waals surface area contributed by atoms with Crippen LogP contribution in [-0.2, 0) is 0 Å². The second-order valence-electron chi connectivity index (χ2n) is 2.95. The number of likely N-dealkylation sites (N-methyl/N-ethyl adjacent to an activating group) is 1. The SMILES string of the molecule is C=CCN(C)CC1CC1. The molecular formula is C8H15N. The fraction of sp³-hybridized carbons (Fsp3) is 0.750. The first-order chi connectivity index (χ1) is 4.33. The van der Waals surface area contributed by atoms with Crippen LogP contribution in [0.5, 0.6) is 0 Å². The molecule has 0 spiro atoms. The van der Waals surface area contributed by atoms with Gasteiger partial charge in [0.05, 0.1) is 0 Å². The van der Waals surface area contributed by atoms with E-state index in [0.717, 1.165) is 12.5 Å². The van der Waals surface area contributed by atoms with E-state index in [1.165, 1.54) is 19.4 Å². The molecule has 9 heavy (non-hydrogen) atoms. The molecule has 1 saturated carbocycles. The molecule has 1 fully saturated rings. The van der Waals surface area contributed by atoms with Crippen LogP contribution in [0.15, 0.2) is 12.7 Å². The maximum Gasteiger partial charge on any atom is 0.0157 e. The van der Waals surface area contributed by atoms with Gasteiger partial charge in [-0.1, -0.05) is 6.08 Å². The molecule has 0 aliphatic heterocycles. The summed E-state index contributed by atoms with van der Waals surface area (Å²) in [5.41, 5.74) is 0. The summed E-state index contributed by atoms with van der Waals surface area (Å²) < 4.78 is 0. The zero-order chi connectivity index (χ0) is 6.69. The highest BCUT2D eigenvalue weighted by Gasteiger charge is 2.21. The van der Waals surface area contributed by atoms with Gasteiger partial charge in [0.25, 0.3) is 0 Å². The van der Waals surface area contributed by atoms with Crippen molar-refractivity contribution < 1.29 is 0 Å². The molecule has 0 aromatic rings. The molecule has 0 atom stereocenters. The van der Waals surface area contributed by atoms with Crippen molar-refractivity contribution in [2.75, 3.05) is 20.1 Å². The molecule has 0 amide bonds. The lowest BCUT2D eigenvalue weighted by Gasteiger charge is -2.12. The fourth-order valence-corrected chi connectivity index (χ4v) is 1.04. The predicted octanol–water partition coefficient (Wildman–Crippen LogP) is 1.51. The molecule has 52 valence electrons. The highest BCUT2D eigenvalue weighted by Crippen LogP contribution is 2.29. The molecule has 0 radical (unpaired) electrons. The molecule has 0 N–H and O–H groups in total. The Labute approximate surface area is 57.4 Å². The summed E-state index contributed by atoms with van der Waals surface area (Å²) in [4.78, 5) is 2.32. The highest BCUT2D eigenvalue weighted by atomic mass is 15.1. The minimum absolute atomic E-state index is 1.01. The van der Waals surface area contributed by atoms with Crippen molar-refractivity contribution in [2.24, 2.45) is 5.92 Å². The molecular weight excluding hydrogens is 110 g/mol. The van der Waals surface area contributed by atoms with Gasteiger partial charge in [-0.15, -0.1) is 6.58 Å². The van der Waals surface area contributed by atoms with Crippen LogP contribution in [0.2, 0.25) is 0 Å². The maximum atomic E-state index is 3.69. The maximum absolute atomic E-state index is 3.69. The summed E-state index contributed by atoms with van der Waals surface area (Å²) in [6.07, 6.45) is 4.85. The molecule has 1 rings (SSSR count). The molecule has 1 nitrogen and oxygen atoms in total. The van der Waals surface area contributed by atoms with Crippen molar-refractivity contribution in [1.29, 1.82) is 0 Å². The van der Waals surface area contributed by atoms with Gasteiger partial charge < -0.3 is 4.90 Å². The van der Waals surface area contributed by atoms with Crippen molar-refractivity contribution in [1.82, 2.24) is 4.90 Å². The minimum atomic E-state index is 1.01. The normalized spacial score (nSPS) is 18.4. The van der Waals surface area contributed by atoms with E-state index in [1.807, 2.05) is 6.08 Å². The Morgan fingerprint density at radius 3 is 2.78 bits per heavy atom. The van der Waals surface area contributed by atoms with Gasteiger partial charge in [-0.3, -0.25) is 0 Å². The lowest BCUT2D eigenvalue weighted by Crippen LogP contribution is -2.20. The van der Waals surface area contributed by atoms with Gasteiger partial charge in [0.1, 0.15) is 0 Å². The molecule has 1 aliphatic carbocycles. The van der Waals surface area contributed by atoms with Crippen LogP contribution in [0.4, 0.5) is 0 Å².